The van der Waals surface area contributed by atoms with Gasteiger partial charge in [-0.2, -0.15) is 0 Å². The first-order valence-corrected chi connectivity index (χ1v) is 13.1. The summed E-state index contributed by atoms with van der Waals surface area (Å²) in [6.07, 6.45) is 32.5. The lowest BCUT2D eigenvalue weighted by molar-refractivity contribution is 0.481. The molecule has 27 heavy (non-hydrogen) atoms. The van der Waals surface area contributed by atoms with Gasteiger partial charge in [-0.05, 0) is 12.8 Å². The van der Waals surface area contributed by atoms with Gasteiger partial charge in [-0.3, -0.25) is 0 Å². The predicted octanol–water partition coefficient (Wildman–Crippen LogP) is 9.33. The maximum atomic E-state index is 6.25. The molecule has 0 aliphatic carbocycles. The minimum absolute atomic E-state index is 0.471. The largest absolute Gasteiger partial charge is 0.328 e. The first-order valence-electron chi connectivity index (χ1n) is 13.1. The summed E-state index contributed by atoms with van der Waals surface area (Å²) >= 11 is 0. The molecular formula is C26H55N. The van der Waals surface area contributed by atoms with Crippen LogP contribution in [0.3, 0.4) is 0 Å². The van der Waals surface area contributed by atoms with Crippen LogP contribution in [0.15, 0.2) is 0 Å². The van der Waals surface area contributed by atoms with Gasteiger partial charge in [-0.25, -0.2) is 0 Å². The van der Waals surface area contributed by atoms with Gasteiger partial charge in [-0.1, -0.05) is 149 Å². The smallest absolute Gasteiger partial charge is 0.00388 e. The monoisotopic (exact) mass is 381 g/mol. The fourth-order valence-corrected chi connectivity index (χ4v) is 4.11. The Balaban J connectivity index is 3.08. The number of hydrogen-bond acceptors (Lipinski definition) is 1. The van der Waals surface area contributed by atoms with Crippen LogP contribution >= 0.6 is 0 Å². The van der Waals surface area contributed by atoms with Gasteiger partial charge in [0.1, 0.15) is 0 Å². The molecule has 0 amide bonds. The second kappa shape index (κ2) is 24.0. The topological polar surface area (TPSA) is 26.0 Å². The van der Waals surface area contributed by atoms with E-state index in [0.717, 1.165) is 0 Å². The number of hydrogen-bond donors (Lipinski definition) is 1. The van der Waals surface area contributed by atoms with Crippen LogP contribution < -0.4 is 5.73 Å². The van der Waals surface area contributed by atoms with Crippen molar-refractivity contribution in [1.82, 2.24) is 0 Å². The normalized spacial score (nSPS) is 12.6. The molecule has 0 heterocycles. The van der Waals surface area contributed by atoms with Crippen molar-refractivity contribution in [2.24, 2.45) is 5.73 Å². The zero-order valence-corrected chi connectivity index (χ0v) is 19.4. The Labute approximate surface area is 173 Å². The van der Waals surface area contributed by atoms with Crippen LogP contribution in [0, 0.1) is 0 Å². The third-order valence-electron chi connectivity index (χ3n) is 6.11. The Morgan fingerprint density at radius 3 is 0.852 bits per heavy atom. The summed E-state index contributed by atoms with van der Waals surface area (Å²) in [6, 6.07) is 0.471. The molecule has 0 fully saturated rings. The molecule has 0 aliphatic rings. The molecule has 1 heteroatoms. The van der Waals surface area contributed by atoms with Gasteiger partial charge in [-0.15, -0.1) is 0 Å². The van der Waals surface area contributed by atoms with Gasteiger partial charge in [0.05, 0.1) is 0 Å². The van der Waals surface area contributed by atoms with Crippen molar-refractivity contribution in [3.8, 4) is 0 Å². The summed E-state index contributed by atoms with van der Waals surface area (Å²) in [6.45, 7) is 4.58. The fraction of sp³-hybridized carbons (Fsp3) is 1.00. The minimum atomic E-state index is 0.471. The van der Waals surface area contributed by atoms with Crippen molar-refractivity contribution >= 4 is 0 Å². The summed E-state index contributed by atoms with van der Waals surface area (Å²) in [5.41, 5.74) is 6.25. The molecule has 164 valence electrons. The molecule has 0 aromatic rings. The highest BCUT2D eigenvalue weighted by atomic mass is 14.6. The predicted molar refractivity (Wildman–Crippen MR) is 126 cm³/mol. The number of unbranched alkanes of at least 4 members (excludes halogenated alkanes) is 19. The van der Waals surface area contributed by atoms with Crippen molar-refractivity contribution in [2.45, 2.75) is 168 Å². The average Bonchev–Trinajstić information content (AvgIpc) is 2.67. The van der Waals surface area contributed by atoms with Gasteiger partial charge >= 0.3 is 0 Å². The summed E-state index contributed by atoms with van der Waals surface area (Å²) in [5.74, 6) is 0. The van der Waals surface area contributed by atoms with Crippen molar-refractivity contribution < 1.29 is 0 Å². The average molecular weight is 382 g/mol. The Morgan fingerprint density at radius 2 is 0.593 bits per heavy atom. The fourth-order valence-electron chi connectivity index (χ4n) is 4.11. The Kier molecular flexibility index (Phi) is 24.0. The van der Waals surface area contributed by atoms with Gasteiger partial charge < -0.3 is 5.73 Å². The van der Waals surface area contributed by atoms with Gasteiger partial charge in [0, 0.05) is 6.04 Å². The molecule has 1 atom stereocenters. The van der Waals surface area contributed by atoms with E-state index in [1.54, 1.807) is 0 Å². The lowest BCUT2D eigenvalue weighted by Crippen LogP contribution is -2.19. The first-order chi connectivity index (χ1) is 13.3. The lowest BCUT2D eigenvalue weighted by atomic mass is 10.0. The lowest BCUT2D eigenvalue weighted by Gasteiger charge is -2.11. The van der Waals surface area contributed by atoms with E-state index in [-0.39, 0.29) is 0 Å². The van der Waals surface area contributed by atoms with E-state index in [0.29, 0.717) is 6.04 Å². The summed E-state index contributed by atoms with van der Waals surface area (Å²) in [5, 5.41) is 0. The summed E-state index contributed by atoms with van der Waals surface area (Å²) in [4.78, 5) is 0. The Bertz CT molecular complexity index is 251. The highest BCUT2D eigenvalue weighted by molar-refractivity contribution is 4.62. The van der Waals surface area contributed by atoms with E-state index >= 15 is 0 Å². The third-order valence-corrected chi connectivity index (χ3v) is 6.11. The highest BCUT2D eigenvalue weighted by Gasteiger charge is 2.02. The van der Waals surface area contributed by atoms with Crippen LogP contribution in [0.4, 0.5) is 0 Å². The van der Waals surface area contributed by atoms with Gasteiger partial charge in [0.25, 0.3) is 0 Å². The Hall–Kier alpha value is -0.0400. The van der Waals surface area contributed by atoms with E-state index in [9.17, 15) is 0 Å². The van der Waals surface area contributed by atoms with Crippen molar-refractivity contribution in [1.29, 1.82) is 0 Å². The van der Waals surface area contributed by atoms with Crippen LogP contribution in [0.25, 0.3) is 0 Å². The van der Waals surface area contributed by atoms with Crippen molar-refractivity contribution in [3.63, 3.8) is 0 Å². The molecule has 0 aromatic carbocycles. The van der Waals surface area contributed by atoms with Crippen LogP contribution in [-0.4, -0.2) is 6.04 Å². The first kappa shape index (κ1) is 27.0. The number of rotatable bonds is 23. The van der Waals surface area contributed by atoms with Crippen molar-refractivity contribution in [3.05, 3.63) is 0 Å². The van der Waals surface area contributed by atoms with E-state index in [1.165, 1.54) is 148 Å². The molecule has 0 spiro atoms. The van der Waals surface area contributed by atoms with E-state index < -0.39 is 0 Å². The van der Waals surface area contributed by atoms with Gasteiger partial charge in [0.2, 0.25) is 0 Å². The standard InChI is InChI=1S/C26H55N/c1-3-5-7-9-10-11-12-13-14-15-16-17-18-19-21-23-25-26(27)24-22-20-8-6-4-2/h26H,3-25,27H2,1-2H3. The molecule has 0 rings (SSSR count). The zero-order valence-electron chi connectivity index (χ0n) is 19.4. The molecule has 0 saturated carbocycles. The SMILES string of the molecule is CCCCCCCCCCCCCCCCCCC(N)CCCCCCC. The summed E-state index contributed by atoms with van der Waals surface area (Å²) in [7, 11) is 0. The molecular weight excluding hydrogens is 326 g/mol. The highest BCUT2D eigenvalue weighted by Crippen LogP contribution is 2.15. The second-order valence-electron chi connectivity index (χ2n) is 9.05. The molecule has 2 N–H and O–H groups in total. The van der Waals surface area contributed by atoms with Crippen molar-refractivity contribution in [2.75, 3.05) is 0 Å². The maximum Gasteiger partial charge on any atom is 0.00388 e. The van der Waals surface area contributed by atoms with Crippen LogP contribution in [0.5, 0.6) is 0 Å². The molecule has 0 radical (unpaired) electrons. The second-order valence-corrected chi connectivity index (χ2v) is 9.05. The zero-order chi connectivity index (χ0) is 19.8. The molecule has 0 saturated heterocycles. The quantitative estimate of drug-likeness (QED) is 0.175. The van der Waals surface area contributed by atoms with E-state index in [2.05, 4.69) is 13.8 Å². The van der Waals surface area contributed by atoms with E-state index in [1.807, 2.05) is 0 Å². The molecule has 0 aromatic heterocycles. The van der Waals surface area contributed by atoms with Gasteiger partial charge in [0.15, 0.2) is 0 Å². The van der Waals surface area contributed by atoms with E-state index in [4.69, 9.17) is 5.73 Å². The third kappa shape index (κ3) is 23.9. The molecule has 1 unspecified atom stereocenters. The van der Waals surface area contributed by atoms with Crippen LogP contribution in [0.1, 0.15) is 162 Å². The van der Waals surface area contributed by atoms with Crippen LogP contribution in [0.2, 0.25) is 0 Å². The number of nitrogens with two attached hydrogens (primary N) is 1. The maximum absolute atomic E-state index is 6.25. The minimum Gasteiger partial charge on any atom is -0.328 e. The summed E-state index contributed by atoms with van der Waals surface area (Å²) < 4.78 is 0. The molecule has 1 nitrogen and oxygen atoms in total. The molecule has 0 bridgehead atoms. The van der Waals surface area contributed by atoms with Crippen LogP contribution in [-0.2, 0) is 0 Å². The molecule has 0 aliphatic heterocycles. The Morgan fingerprint density at radius 1 is 0.370 bits per heavy atom.